The molecule has 0 unspecified atom stereocenters. The molecular weight excluding hydrogens is 508 g/mol. The van der Waals surface area contributed by atoms with Crippen LogP contribution < -0.4 is 10.6 Å². The summed E-state index contributed by atoms with van der Waals surface area (Å²) in [6.45, 7) is 1.91. The van der Waals surface area contributed by atoms with Gasteiger partial charge in [0.15, 0.2) is 0 Å². The number of carbonyl (C=O) groups excluding carboxylic acids is 2. The molecule has 7 heteroatoms. The first-order chi connectivity index (χ1) is 18.8. The van der Waals surface area contributed by atoms with Crippen molar-refractivity contribution >= 4 is 45.8 Å². The SMILES string of the molecule is Cc1cc(Cl)cc(C(=O)Nc2ccc(-c3nc4ccc(NC(=O)C56CC7CC(CC(C7)C5)C6)cc4[nH]3)cc2)c1. The minimum absolute atomic E-state index is 0.175. The summed E-state index contributed by atoms with van der Waals surface area (Å²) in [6.07, 6.45) is 7.13. The molecule has 4 aliphatic rings. The van der Waals surface area contributed by atoms with Crippen LogP contribution in [0, 0.1) is 30.1 Å². The molecule has 0 saturated heterocycles. The molecule has 4 saturated carbocycles. The lowest BCUT2D eigenvalue weighted by Crippen LogP contribution is -2.51. The zero-order valence-electron chi connectivity index (χ0n) is 21.9. The zero-order chi connectivity index (χ0) is 26.7. The van der Waals surface area contributed by atoms with Gasteiger partial charge in [0.2, 0.25) is 5.91 Å². The van der Waals surface area contributed by atoms with Crippen LogP contribution in [0.1, 0.15) is 54.4 Å². The number of aryl methyl sites for hydroxylation is 1. The number of nitrogens with one attached hydrogen (secondary N) is 3. The number of anilines is 2. The fourth-order valence-electron chi connectivity index (χ4n) is 7.66. The van der Waals surface area contributed by atoms with E-state index >= 15 is 0 Å². The molecular formula is C32H31ClN4O2. The van der Waals surface area contributed by atoms with E-state index in [4.69, 9.17) is 16.6 Å². The van der Waals surface area contributed by atoms with Crippen LogP contribution in [-0.2, 0) is 4.79 Å². The van der Waals surface area contributed by atoms with Gasteiger partial charge in [-0.2, -0.15) is 0 Å². The van der Waals surface area contributed by atoms with Crippen LogP contribution in [0.25, 0.3) is 22.4 Å². The summed E-state index contributed by atoms with van der Waals surface area (Å²) >= 11 is 6.11. The fourth-order valence-corrected chi connectivity index (χ4v) is 7.95. The lowest BCUT2D eigenvalue weighted by Gasteiger charge is -2.55. The number of hydrogen-bond acceptors (Lipinski definition) is 3. The van der Waals surface area contributed by atoms with Crippen LogP contribution >= 0.6 is 11.6 Å². The minimum atomic E-state index is -0.208. The van der Waals surface area contributed by atoms with E-state index in [-0.39, 0.29) is 17.2 Å². The zero-order valence-corrected chi connectivity index (χ0v) is 22.6. The predicted molar refractivity (Wildman–Crippen MR) is 155 cm³/mol. The number of rotatable bonds is 5. The summed E-state index contributed by atoms with van der Waals surface area (Å²) in [5.74, 6) is 2.94. The number of H-pyrrole nitrogens is 1. The molecule has 4 fully saturated rings. The lowest BCUT2D eigenvalue weighted by molar-refractivity contribution is -0.140. The summed E-state index contributed by atoms with van der Waals surface area (Å²) in [4.78, 5) is 34.3. The Kier molecular flexibility index (Phi) is 5.78. The number of hydrogen-bond donors (Lipinski definition) is 3. The van der Waals surface area contributed by atoms with Crippen LogP contribution in [0.3, 0.4) is 0 Å². The fraction of sp³-hybridized carbons (Fsp3) is 0.344. The Labute approximate surface area is 232 Å². The summed E-state index contributed by atoms with van der Waals surface area (Å²) in [6, 6.07) is 18.7. The first-order valence-electron chi connectivity index (χ1n) is 13.8. The first-order valence-corrected chi connectivity index (χ1v) is 14.2. The smallest absolute Gasteiger partial charge is 0.255 e. The van der Waals surface area contributed by atoms with Crippen molar-refractivity contribution in [3.63, 3.8) is 0 Å². The third-order valence-electron chi connectivity index (χ3n) is 8.98. The monoisotopic (exact) mass is 538 g/mol. The maximum absolute atomic E-state index is 13.5. The third kappa shape index (κ3) is 4.61. The molecule has 0 radical (unpaired) electrons. The molecule has 4 aliphatic carbocycles. The number of halogens is 1. The molecule has 4 bridgehead atoms. The maximum atomic E-state index is 13.5. The molecule has 3 aromatic carbocycles. The number of fused-ring (bicyclic) bond motifs is 1. The molecule has 39 heavy (non-hydrogen) atoms. The molecule has 2 amide bonds. The Bertz CT molecular complexity index is 1550. The van der Waals surface area contributed by atoms with E-state index in [2.05, 4.69) is 15.6 Å². The van der Waals surface area contributed by atoms with Crippen LogP contribution in [0.15, 0.2) is 60.7 Å². The standard InChI is InChI=1S/C32H31ClN4O2/c1-18-8-23(13-24(33)9-18)30(38)34-25-4-2-22(3-5-25)29-36-27-7-6-26(14-28(27)37-29)35-31(39)32-15-19-10-20(16-32)12-21(11-19)17-32/h2-9,13-14,19-21H,10-12,15-17H2,1H3,(H,34,38)(H,35,39)(H,36,37). The summed E-state index contributed by atoms with van der Waals surface area (Å²) in [5, 5.41) is 6.71. The Balaban J connectivity index is 1.05. The van der Waals surface area contributed by atoms with Crippen LogP contribution in [-0.4, -0.2) is 21.8 Å². The Hall–Kier alpha value is -3.64. The number of imidazole rings is 1. The van der Waals surface area contributed by atoms with Gasteiger partial charge in [0.05, 0.1) is 16.4 Å². The van der Waals surface area contributed by atoms with Crippen molar-refractivity contribution in [2.75, 3.05) is 10.6 Å². The van der Waals surface area contributed by atoms with Crippen molar-refractivity contribution in [1.82, 2.24) is 9.97 Å². The molecule has 1 heterocycles. The van der Waals surface area contributed by atoms with Gasteiger partial charge in [-0.05, 0) is 129 Å². The summed E-state index contributed by atoms with van der Waals surface area (Å²) < 4.78 is 0. The quantitative estimate of drug-likeness (QED) is 0.244. The van der Waals surface area contributed by atoms with Crippen LogP contribution in [0.2, 0.25) is 5.02 Å². The number of benzene rings is 3. The maximum Gasteiger partial charge on any atom is 0.255 e. The van der Waals surface area contributed by atoms with Gasteiger partial charge in [0, 0.05) is 27.5 Å². The van der Waals surface area contributed by atoms with E-state index in [1.54, 1.807) is 6.07 Å². The predicted octanol–water partition coefficient (Wildman–Crippen LogP) is 7.60. The molecule has 4 aromatic rings. The van der Waals surface area contributed by atoms with Crippen molar-refractivity contribution in [2.24, 2.45) is 23.2 Å². The van der Waals surface area contributed by atoms with E-state index in [0.717, 1.165) is 70.7 Å². The van der Waals surface area contributed by atoms with E-state index in [0.29, 0.717) is 16.3 Å². The molecule has 1 aromatic heterocycles. The molecule has 0 spiro atoms. The van der Waals surface area contributed by atoms with Gasteiger partial charge >= 0.3 is 0 Å². The van der Waals surface area contributed by atoms with Crippen molar-refractivity contribution < 1.29 is 9.59 Å². The van der Waals surface area contributed by atoms with E-state index in [1.165, 1.54) is 19.3 Å². The number of carbonyl (C=O) groups is 2. The second-order valence-corrected chi connectivity index (χ2v) is 12.5. The largest absolute Gasteiger partial charge is 0.338 e. The van der Waals surface area contributed by atoms with Gasteiger partial charge < -0.3 is 15.6 Å². The second kappa shape index (κ2) is 9.23. The summed E-state index contributed by atoms with van der Waals surface area (Å²) in [5.41, 5.74) is 5.40. The Morgan fingerprint density at radius 2 is 1.54 bits per heavy atom. The van der Waals surface area contributed by atoms with Crippen LogP contribution in [0.5, 0.6) is 0 Å². The van der Waals surface area contributed by atoms with E-state index in [1.807, 2.05) is 61.5 Å². The average Bonchev–Trinajstić information content (AvgIpc) is 3.31. The highest BCUT2D eigenvalue weighted by Gasteiger charge is 2.54. The first kappa shape index (κ1) is 24.4. The number of aromatic nitrogens is 2. The van der Waals surface area contributed by atoms with Crippen molar-refractivity contribution in [3.8, 4) is 11.4 Å². The lowest BCUT2D eigenvalue weighted by atomic mass is 9.49. The van der Waals surface area contributed by atoms with Crippen LogP contribution in [0.4, 0.5) is 11.4 Å². The topological polar surface area (TPSA) is 86.9 Å². The second-order valence-electron chi connectivity index (χ2n) is 12.0. The molecule has 0 atom stereocenters. The minimum Gasteiger partial charge on any atom is -0.338 e. The molecule has 6 nitrogen and oxygen atoms in total. The van der Waals surface area contributed by atoms with Crippen molar-refractivity contribution in [3.05, 3.63) is 76.8 Å². The van der Waals surface area contributed by atoms with Crippen molar-refractivity contribution in [2.45, 2.75) is 45.4 Å². The highest BCUT2D eigenvalue weighted by atomic mass is 35.5. The van der Waals surface area contributed by atoms with Gasteiger partial charge in [-0.25, -0.2) is 4.98 Å². The molecule has 8 rings (SSSR count). The normalized spacial score (nSPS) is 25.1. The highest BCUT2D eigenvalue weighted by Crippen LogP contribution is 2.60. The molecule has 0 aliphatic heterocycles. The Morgan fingerprint density at radius 3 is 2.21 bits per heavy atom. The number of nitrogens with zero attached hydrogens (tertiary/aromatic N) is 1. The molecule has 198 valence electrons. The van der Waals surface area contributed by atoms with Gasteiger partial charge in [0.1, 0.15) is 5.82 Å². The van der Waals surface area contributed by atoms with Gasteiger partial charge in [0.25, 0.3) is 5.91 Å². The Morgan fingerprint density at radius 1 is 0.872 bits per heavy atom. The van der Waals surface area contributed by atoms with Gasteiger partial charge in [-0.1, -0.05) is 11.6 Å². The average molecular weight is 539 g/mol. The molecule has 3 N–H and O–H groups in total. The van der Waals surface area contributed by atoms with E-state index in [9.17, 15) is 9.59 Å². The van der Waals surface area contributed by atoms with E-state index < -0.39 is 0 Å². The highest BCUT2D eigenvalue weighted by molar-refractivity contribution is 6.31. The van der Waals surface area contributed by atoms with Crippen molar-refractivity contribution in [1.29, 1.82) is 0 Å². The van der Waals surface area contributed by atoms with Gasteiger partial charge in [-0.3, -0.25) is 9.59 Å². The number of amides is 2. The van der Waals surface area contributed by atoms with Gasteiger partial charge in [-0.15, -0.1) is 0 Å². The summed E-state index contributed by atoms with van der Waals surface area (Å²) in [7, 11) is 0. The third-order valence-corrected chi connectivity index (χ3v) is 9.20. The number of aromatic amines is 1.